The van der Waals surface area contributed by atoms with Crippen molar-refractivity contribution in [2.75, 3.05) is 36.4 Å². The molecule has 1 aliphatic rings. The van der Waals surface area contributed by atoms with Crippen LogP contribution in [0, 0.1) is 0 Å². The number of carbonyl (C=O) groups excluding carboxylic acids is 2. The molecule has 0 saturated carbocycles. The second-order valence-corrected chi connectivity index (χ2v) is 8.98. The van der Waals surface area contributed by atoms with Crippen LogP contribution in [0.3, 0.4) is 0 Å². The van der Waals surface area contributed by atoms with Gasteiger partial charge in [-0.3, -0.25) is 9.59 Å². The fourth-order valence-electron chi connectivity index (χ4n) is 3.54. The zero-order valence-electron chi connectivity index (χ0n) is 16.5. The predicted molar refractivity (Wildman–Crippen MR) is 124 cm³/mol. The van der Waals surface area contributed by atoms with Crippen molar-refractivity contribution in [1.82, 2.24) is 14.9 Å². The number of aromatic nitrogens is 2. The Kier molecular flexibility index (Phi) is 5.35. The van der Waals surface area contributed by atoms with E-state index in [4.69, 9.17) is 0 Å². The highest BCUT2D eigenvalue weighted by Crippen LogP contribution is 2.28. The molecule has 31 heavy (non-hydrogen) atoms. The van der Waals surface area contributed by atoms with E-state index in [1.54, 1.807) is 35.7 Å². The van der Waals surface area contributed by atoms with Crippen LogP contribution in [0.25, 0.3) is 10.3 Å². The largest absolute Gasteiger partial charge is 0.344 e. The number of fused-ring (bicyclic) bond motifs is 1. The summed E-state index contributed by atoms with van der Waals surface area (Å²) in [5, 5.41) is 5.67. The number of thiophene rings is 1. The smallest absolute Gasteiger partial charge is 0.265 e. The van der Waals surface area contributed by atoms with Gasteiger partial charge in [0.1, 0.15) is 10.3 Å². The number of carbonyl (C=O) groups is 2. The van der Waals surface area contributed by atoms with Crippen molar-refractivity contribution in [3.8, 4) is 0 Å². The molecule has 1 aliphatic heterocycles. The molecule has 0 atom stereocenters. The molecule has 7 nitrogen and oxygen atoms in total. The number of para-hydroxylation sites is 1. The summed E-state index contributed by atoms with van der Waals surface area (Å²) in [6.45, 7) is 2.59. The van der Waals surface area contributed by atoms with Crippen molar-refractivity contribution in [2.45, 2.75) is 0 Å². The molecule has 9 heteroatoms. The highest BCUT2D eigenvalue weighted by molar-refractivity contribution is 7.21. The van der Waals surface area contributed by atoms with Gasteiger partial charge in [-0.05, 0) is 35.7 Å². The van der Waals surface area contributed by atoms with Gasteiger partial charge in [0.15, 0.2) is 5.13 Å². The van der Waals surface area contributed by atoms with Gasteiger partial charge in [-0.15, -0.1) is 11.3 Å². The standard InChI is InChI=1S/C22H19N5O2S2/c28-19(18-8-4-14-30-18)24-16-6-2-1-5-15(16)21(29)26-10-12-27(13-11-26)22-25-17-7-3-9-23-20(17)31-22/h1-9,14H,10-13H2,(H,24,28). The maximum atomic E-state index is 13.2. The van der Waals surface area contributed by atoms with E-state index in [1.807, 2.05) is 40.6 Å². The number of piperazine rings is 1. The summed E-state index contributed by atoms with van der Waals surface area (Å²) >= 11 is 2.94. The summed E-state index contributed by atoms with van der Waals surface area (Å²) in [6, 6.07) is 14.6. The molecular formula is C22H19N5O2S2. The molecule has 5 rings (SSSR count). The Balaban J connectivity index is 1.28. The van der Waals surface area contributed by atoms with Crippen molar-refractivity contribution in [2.24, 2.45) is 0 Å². The molecule has 0 spiro atoms. The fourth-order valence-corrected chi connectivity index (χ4v) is 5.11. The van der Waals surface area contributed by atoms with Crippen LogP contribution in [-0.4, -0.2) is 52.9 Å². The number of amides is 2. The molecule has 4 heterocycles. The average Bonchev–Trinajstić information content (AvgIpc) is 3.49. The van der Waals surface area contributed by atoms with E-state index in [2.05, 4.69) is 20.2 Å². The molecule has 0 aliphatic carbocycles. The summed E-state index contributed by atoms with van der Waals surface area (Å²) in [7, 11) is 0. The lowest BCUT2D eigenvalue weighted by atomic mass is 10.1. The average molecular weight is 450 g/mol. The van der Waals surface area contributed by atoms with Gasteiger partial charge in [0, 0.05) is 32.4 Å². The molecule has 0 radical (unpaired) electrons. The third-order valence-corrected chi connectivity index (χ3v) is 7.05. The Morgan fingerprint density at radius 3 is 2.58 bits per heavy atom. The van der Waals surface area contributed by atoms with Gasteiger partial charge in [-0.2, -0.15) is 0 Å². The topological polar surface area (TPSA) is 78.4 Å². The van der Waals surface area contributed by atoms with Crippen LogP contribution < -0.4 is 10.2 Å². The highest BCUT2D eigenvalue weighted by Gasteiger charge is 2.26. The first-order valence-corrected chi connectivity index (χ1v) is 11.6. The predicted octanol–water partition coefficient (Wildman–Crippen LogP) is 3.97. The number of anilines is 2. The minimum Gasteiger partial charge on any atom is -0.344 e. The summed E-state index contributed by atoms with van der Waals surface area (Å²) < 4.78 is 0. The SMILES string of the molecule is O=C(Nc1ccccc1C(=O)N1CCN(c2nc3cccnc3s2)CC1)c1cccs1. The third-order valence-electron chi connectivity index (χ3n) is 5.14. The van der Waals surface area contributed by atoms with Gasteiger partial charge in [0.25, 0.3) is 11.8 Å². The number of thiazole rings is 1. The van der Waals surface area contributed by atoms with Crippen molar-refractivity contribution < 1.29 is 9.59 Å². The van der Waals surface area contributed by atoms with Gasteiger partial charge < -0.3 is 15.1 Å². The van der Waals surface area contributed by atoms with Gasteiger partial charge in [-0.25, -0.2) is 9.97 Å². The van der Waals surface area contributed by atoms with Crippen molar-refractivity contribution in [3.63, 3.8) is 0 Å². The van der Waals surface area contributed by atoms with Crippen molar-refractivity contribution in [1.29, 1.82) is 0 Å². The molecule has 3 aromatic heterocycles. The van der Waals surface area contributed by atoms with Crippen LogP contribution in [-0.2, 0) is 0 Å². The second kappa shape index (κ2) is 8.44. The Morgan fingerprint density at radius 2 is 1.81 bits per heavy atom. The summed E-state index contributed by atoms with van der Waals surface area (Å²) in [5.41, 5.74) is 1.94. The third kappa shape index (κ3) is 4.01. The molecule has 156 valence electrons. The first-order chi connectivity index (χ1) is 15.2. The number of nitrogens with zero attached hydrogens (tertiary/aromatic N) is 4. The summed E-state index contributed by atoms with van der Waals surface area (Å²) in [5.74, 6) is -0.280. The number of nitrogens with one attached hydrogen (secondary N) is 1. The van der Waals surface area contributed by atoms with Crippen molar-refractivity contribution in [3.05, 3.63) is 70.5 Å². The molecule has 0 bridgehead atoms. The van der Waals surface area contributed by atoms with Gasteiger partial charge in [0.05, 0.1) is 16.1 Å². The quantitative estimate of drug-likeness (QED) is 0.510. The molecular weight excluding hydrogens is 430 g/mol. The van der Waals surface area contributed by atoms with E-state index in [0.29, 0.717) is 42.3 Å². The van der Waals surface area contributed by atoms with Crippen molar-refractivity contribution >= 4 is 55.7 Å². The lowest BCUT2D eigenvalue weighted by Gasteiger charge is -2.34. The van der Waals surface area contributed by atoms with E-state index < -0.39 is 0 Å². The minimum absolute atomic E-state index is 0.0762. The maximum Gasteiger partial charge on any atom is 0.265 e. The Labute approximate surface area is 187 Å². The van der Waals surface area contributed by atoms with Gasteiger partial charge >= 0.3 is 0 Å². The molecule has 4 aromatic rings. The fraction of sp³-hybridized carbons (Fsp3) is 0.182. The van der Waals surface area contributed by atoms with E-state index in [-0.39, 0.29) is 11.8 Å². The Bertz CT molecular complexity index is 1200. The Hall–Kier alpha value is -3.30. The lowest BCUT2D eigenvalue weighted by molar-refractivity contribution is 0.0748. The van der Waals surface area contributed by atoms with Crippen LogP contribution in [0.1, 0.15) is 20.0 Å². The number of rotatable bonds is 4. The zero-order valence-corrected chi connectivity index (χ0v) is 18.2. The molecule has 1 saturated heterocycles. The van der Waals surface area contributed by atoms with Crippen LogP contribution in [0.15, 0.2) is 60.1 Å². The molecule has 2 amide bonds. The van der Waals surface area contributed by atoms with Crippen LogP contribution in [0.4, 0.5) is 10.8 Å². The molecule has 1 N–H and O–H groups in total. The van der Waals surface area contributed by atoms with Crippen LogP contribution in [0.5, 0.6) is 0 Å². The van der Waals surface area contributed by atoms with Crippen LogP contribution >= 0.6 is 22.7 Å². The van der Waals surface area contributed by atoms with Gasteiger partial charge in [-0.1, -0.05) is 29.5 Å². The molecule has 0 unspecified atom stereocenters. The lowest BCUT2D eigenvalue weighted by Crippen LogP contribution is -2.48. The summed E-state index contributed by atoms with van der Waals surface area (Å²) in [6.07, 6.45) is 1.77. The first kappa shape index (κ1) is 19.7. The highest BCUT2D eigenvalue weighted by atomic mass is 32.1. The van der Waals surface area contributed by atoms with E-state index in [1.165, 1.54) is 11.3 Å². The number of hydrogen-bond acceptors (Lipinski definition) is 7. The zero-order chi connectivity index (χ0) is 21.2. The monoisotopic (exact) mass is 449 g/mol. The number of benzene rings is 1. The first-order valence-electron chi connectivity index (χ1n) is 9.89. The number of hydrogen-bond donors (Lipinski definition) is 1. The second-order valence-electron chi connectivity index (χ2n) is 7.08. The number of pyridine rings is 1. The van der Waals surface area contributed by atoms with Crippen LogP contribution in [0.2, 0.25) is 0 Å². The van der Waals surface area contributed by atoms with E-state index >= 15 is 0 Å². The Morgan fingerprint density at radius 1 is 0.968 bits per heavy atom. The van der Waals surface area contributed by atoms with Gasteiger partial charge in [0.2, 0.25) is 0 Å². The van der Waals surface area contributed by atoms with E-state index in [9.17, 15) is 9.59 Å². The summed E-state index contributed by atoms with van der Waals surface area (Å²) in [4.78, 5) is 40.3. The van der Waals surface area contributed by atoms with E-state index in [0.717, 1.165) is 15.5 Å². The normalized spacial score (nSPS) is 14.1. The molecule has 1 aromatic carbocycles. The molecule has 1 fully saturated rings. The maximum absolute atomic E-state index is 13.2. The minimum atomic E-state index is -0.204.